The Kier molecular flexibility index (Phi) is 28.1. The van der Waals surface area contributed by atoms with Gasteiger partial charge in [-0.05, 0) is 12.8 Å². The van der Waals surface area contributed by atoms with Gasteiger partial charge >= 0.3 is 11.9 Å². The predicted molar refractivity (Wildman–Crippen MR) is 189 cm³/mol. The zero-order valence-corrected chi connectivity index (χ0v) is 30.5. The van der Waals surface area contributed by atoms with Crippen LogP contribution in [-0.2, 0) is 14.4 Å². The Morgan fingerprint density at radius 1 is 0.522 bits per heavy atom. The average molecular weight is 652 g/mol. The molecule has 3 unspecified atom stereocenters. The van der Waals surface area contributed by atoms with Crippen molar-refractivity contribution in [2.45, 2.75) is 175 Å². The second-order valence-corrected chi connectivity index (χ2v) is 14.4. The van der Waals surface area contributed by atoms with Gasteiger partial charge in [0.1, 0.15) is 0 Å². The van der Waals surface area contributed by atoms with E-state index in [0.717, 1.165) is 19.4 Å². The molecule has 0 heterocycles. The molecule has 270 valence electrons. The van der Waals surface area contributed by atoms with Crippen LogP contribution in [0.3, 0.4) is 0 Å². The lowest BCUT2D eigenvalue weighted by atomic mass is 10.0. The van der Waals surface area contributed by atoms with Crippen molar-refractivity contribution >= 4 is 17.9 Å². The fraction of sp³-hybridized carbons (Fsp3) is 0.872. The van der Waals surface area contributed by atoms with E-state index in [1.807, 2.05) is 0 Å². The summed E-state index contributed by atoms with van der Waals surface area (Å²) in [5.41, 5.74) is 0. The van der Waals surface area contributed by atoms with Crippen LogP contribution in [0.2, 0.25) is 0 Å². The molecule has 46 heavy (non-hydrogen) atoms. The van der Waals surface area contributed by atoms with Crippen molar-refractivity contribution < 1.29 is 34.2 Å². The molecule has 0 rings (SSSR count). The summed E-state index contributed by atoms with van der Waals surface area (Å²) >= 11 is 0. The minimum absolute atomic E-state index is 0.425. The van der Waals surface area contributed by atoms with E-state index < -0.39 is 35.7 Å². The van der Waals surface area contributed by atoms with Crippen molar-refractivity contribution in [3.63, 3.8) is 0 Å². The third kappa shape index (κ3) is 25.2. The molecular weight excluding hydrogens is 578 g/mol. The third-order valence-electron chi connectivity index (χ3n) is 10.0. The number of quaternary nitrogens is 1. The molecule has 0 aliphatic heterocycles. The maximum Gasteiger partial charge on any atom is 0.306 e. The van der Waals surface area contributed by atoms with Gasteiger partial charge in [-0.25, -0.2) is 0 Å². The van der Waals surface area contributed by atoms with Gasteiger partial charge in [0.2, 0.25) is 0 Å². The van der Waals surface area contributed by atoms with Crippen molar-refractivity contribution in [2.75, 3.05) is 26.2 Å². The minimum Gasteiger partial charge on any atom is -0.550 e. The molecule has 0 spiro atoms. The van der Waals surface area contributed by atoms with Crippen molar-refractivity contribution in [1.82, 2.24) is 0 Å². The van der Waals surface area contributed by atoms with Crippen LogP contribution in [0.4, 0.5) is 0 Å². The highest BCUT2D eigenvalue weighted by Crippen LogP contribution is 2.21. The Labute approximate surface area is 283 Å². The Hall–Kier alpha value is -1.89. The molecule has 0 aromatic heterocycles. The van der Waals surface area contributed by atoms with E-state index >= 15 is 0 Å². The van der Waals surface area contributed by atoms with Crippen LogP contribution in [0.15, 0.2) is 12.2 Å². The molecule has 0 aromatic rings. The largest absolute Gasteiger partial charge is 0.550 e. The monoisotopic (exact) mass is 652 g/mol. The van der Waals surface area contributed by atoms with Gasteiger partial charge in [0.05, 0.1) is 38.0 Å². The third-order valence-corrected chi connectivity index (χ3v) is 10.0. The molecule has 2 N–H and O–H groups in total. The number of carboxylic acid groups (broad SMARTS) is 3. The lowest BCUT2D eigenvalue weighted by Gasteiger charge is -2.40. The smallest absolute Gasteiger partial charge is 0.306 e. The van der Waals surface area contributed by atoms with E-state index in [-0.39, 0.29) is 0 Å². The molecule has 0 radical (unpaired) electrons. The maximum absolute atomic E-state index is 11.5. The van der Waals surface area contributed by atoms with Gasteiger partial charge in [-0.1, -0.05) is 149 Å². The van der Waals surface area contributed by atoms with Crippen LogP contribution < -0.4 is 5.11 Å². The zero-order chi connectivity index (χ0) is 34.5. The summed E-state index contributed by atoms with van der Waals surface area (Å²) < 4.78 is 0.538. The Bertz CT molecular complexity index is 738. The molecule has 7 heteroatoms. The van der Waals surface area contributed by atoms with Crippen LogP contribution in [0.1, 0.15) is 175 Å². The highest BCUT2D eigenvalue weighted by atomic mass is 16.4. The maximum atomic E-state index is 11.5. The number of carboxylic acids is 3. The van der Waals surface area contributed by atoms with Gasteiger partial charge in [0, 0.05) is 37.6 Å². The lowest BCUT2D eigenvalue weighted by Crippen LogP contribution is -2.52. The van der Waals surface area contributed by atoms with Gasteiger partial charge in [-0.3, -0.25) is 9.59 Å². The molecule has 0 saturated carbocycles. The van der Waals surface area contributed by atoms with Gasteiger partial charge in [0.25, 0.3) is 0 Å². The van der Waals surface area contributed by atoms with Crippen LogP contribution in [-0.4, -0.2) is 58.8 Å². The standard InChI is InChI=1S/C39H73NO6/c1-5-6-7-8-9-10-11-12-13-14-15-16-17-18-19-20-21-22-23-24-25-26-30-40(31-27-34(2)37(41)42,32-28-35(3)38(43)44)33-29-36(4)39(45)46/h24-25,34-36H,5-23,26-33H2,1-4H3,(H2-,41,42,43,44,45,46)/b25-24+. The molecule has 0 aromatic carbocycles. The highest BCUT2D eigenvalue weighted by molar-refractivity contribution is 5.69. The Morgan fingerprint density at radius 3 is 1.20 bits per heavy atom. The fourth-order valence-corrected chi connectivity index (χ4v) is 6.19. The molecule has 3 atom stereocenters. The number of hydrogen-bond donors (Lipinski definition) is 2. The van der Waals surface area contributed by atoms with E-state index in [9.17, 15) is 29.7 Å². The van der Waals surface area contributed by atoms with Crippen LogP contribution in [0, 0.1) is 17.8 Å². The number of nitrogens with zero attached hydrogens (tertiary/aromatic N) is 1. The molecule has 0 amide bonds. The summed E-state index contributed by atoms with van der Waals surface area (Å²) in [6.07, 6.45) is 32.3. The van der Waals surface area contributed by atoms with Gasteiger partial charge in [-0.15, -0.1) is 0 Å². The van der Waals surface area contributed by atoms with Gasteiger partial charge in [0.15, 0.2) is 0 Å². The van der Waals surface area contributed by atoms with Crippen molar-refractivity contribution in [3.05, 3.63) is 12.2 Å². The molecule has 0 fully saturated rings. The molecular formula is C39H73NO6. The molecule has 0 aliphatic carbocycles. The number of allylic oxidation sites excluding steroid dienone is 1. The van der Waals surface area contributed by atoms with Gasteiger partial charge in [-0.2, -0.15) is 0 Å². The number of carbonyl (C=O) groups is 3. The van der Waals surface area contributed by atoms with Crippen LogP contribution in [0.5, 0.6) is 0 Å². The lowest BCUT2D eigenvalue weighted by molar-refractivity contribution is -0.929. The summed E-state index contributed by atoms with van der Waals surface area (Å²) in [6.45, 7) is 9.80. The molecule has 7 nitrogen and oxygen atoms in total. The Morgan fingerprint density at radius 2 is 0.848 bits per heavy atom. The summed E-state index contributed by atoms with van der Waals surface area (Å²) in [5, 5.41) is 30.3. The molecule has 0 aliphatic rings. The first kappa shape index (κ1) is 44.1. The predicted octanol–water partition coefficient (Wildman–Crippen LogP) is 9.18. The van der Waals surface area contributed by atoms with E-state index in [0.29, 0.717) is 43.4 Å². The highest BCUT2D eigenvalue weighted by Gasteiger charge is 2.30. The van der Waals surface area contributed by atoms with Crippen molar-refractivity contribution in [1.29, 1.82) is 0 Å². The Balaban J connectivity index is 4.34. The summed E-state index contributed by atoms with van der Waals surface area (Å²) in [4.78, 5) is 34.4. The van der Waals surface area contributed by atoms with E-state index in [1.54, 1.807) is 20.8 Å². The number of carbonyl (C=O) groups excluding carboxylic acids is 1. The zero-order valence-electron chi connectivity index (χ0n) is 30.5. The summed E-state index contributed by atoms with van der Waals surface area (Å²) in [6, 6.07) is 0. The van der Waals surface area contributed by atoms with E-state index in [2.05, 4.69) is 19.1 Å². The fourth-order valence-electron chi connectivity index (χ4n) is 6.19. The number of rotatable bonds is 34. The normalized spacial score (nSPS) is 15.0. The summed E-state index contributed by atoms with van der Waals surface area (Å²) in [7, 11) is 0. The van der Waals surface area contributed by atoms with Gasteiger partial charge < -0.3 is 24.6 Å². The first-order chi connectivity index (χ1) is 22.0. The molecule has 0 bridgehead atoms. The quantitative estimate of drug-likeness (QED) is 0.0407. The van der Waals surface area contributed by atoms with Crippen LogP contribution >= 0.6 is 0 Å². The first-order valence-electron chi connectivity index (χ1n) is 19.2. The average Bonchev–Trinajstić information content (AvgIpc) is 3.03. The summed E-state index contributed by atoms with van der Waals surface area (Å²) in [5.74, 6) is -4.39. The first-order valence-corrected chi connectivity index (χ1v) is 19.2. The number of aliphatic carboxylic acids is 3. The van der Waals surface area contributed by atoms with Crippen molar-refractivity contribution in [3.8, 4) is 0 Å². The SMILES string of the molecule is CCCCCCCCCCCCCCCCCCCC/C=C/CC[N+](CCC(C)C(=O)[O-])(CCC(C)C(=O)O)CCC(C)C(=O)O. The van der Waals surface area contributed by atoms with Crippen molar-refractivity contribution in [2.24, 2.45) is 17.8 Å². The van der Waals surface area contributed by atoms with E-state index in [4.69, 9.17) is 0 Å². The second kappa shape index (κ2) is 29.3. The number of hydrogen-bond acceptors (Lipinski definition) is 4. The van der Waals surface area contributed by atoms with E-state index in [1.165, 1.54) is 116 Å². The topological polar surface area (TPSA) is 115 Å². The van der Waals surface area contributed by atoms with Crippen LogP contribution in [0.25, 0.3) is 0 Å². The molecule has 0 saturated heterocycles. The second-order valence-electron chi connectivity index (χ2n) is 14.4. The number of unbranched alkanes of at least 4 members (excludes halogenated alkanes) is 18. The minimum atomic E-state index is -1.08.